The van der Waals surface area contributed by atoms with Crippen LogP contribution in [0.15, 0.2) is 18.2 Å². The molecular formula is C17H25N3O3. The Morgan fingerprint density at radius 2 is 1.96 bits per heavy atom. The third-order valence-electron chi connectivity index (χ3n) is 3.56. The van der Waals surface area contributed by atoms with Gasteiger partial charge in [0.1, 0.15) is 5.60 Å². The maximum absolute atomic E-state index is 12.2. The average Bonchev–Trinajstić information content (AvgIpc) is 2.87. The number of carbonyl (C=O) groups is 2. The molecule has 6 nitrogen and oxygen atoms in total. The highest BCUT2D eigenvalue weighted by atomic mass is 16.6. The van der Waals surface area contributed by atoms with Crippen molar-refractivity contribution in [2.75, 3.05) is 26.0 Å². The summed E-state index contributed by atoms with van der Waals surface area (Å²) < 4.78 is 5.43. The minimum Gasteiger partial charge on any atom is -0.444 e. The standard InChI is InChI=1S/C17H25N3O3/c1-17(2,3)23-16(22)20-10-12-7-6-8-14(13(12)11-20)18-9-15(21)19(4)5/h6-8,18H,9-11H2,1-5H3. The van der Waals surface area contributed by atoms with E-state index in [0.717, 1.165) is 16.8 Å². The fourth-order valence-corrected chi connectivity index (χ4v) is 2.37. The van der Waals surface area contributed by atoms with Gasteiger partial charge >= 0.3 is 6.09 Å². The lowest BCUT2D eigenvalue weighted by Gasteiger charge is -2.24. The third kappa shape index (κ3) is 4.37. The molecule has 0 radical (unpaired) electrons. The molecule has 1 N–H and O–H groups in total. The summed E-state index contributed by atoms with van der Waals surface area (Å²) in [5.41, 5.74) is 2.51. The van der Waals surface area contributed by atoms with Crippen LogP contribution < -0.4 is 5.32 Å². The molecule has 0 saturated heterocycles. The van der Waals surface area contributed by atoms with Crippen molar-refractivity contribution in [3.63, 3.8) is 0 Å². The number of anilines is 1. The van der Waals surface area contributed by atoms with Gasteiger partial charge in [0.25, 0.3) is 0 Å². The molecule has 1 aromatic rings. The van der Waals surface area contributed by atoms with Crippen molar-refractivity contribution in [3.05, 3.63) is 29.3 Å². The number of carbonyl (C=O) groups excluding carboxylic acids is 2. The molecule has 0 aromatic heterocycles. The van der Waals surface area contributed by atoms with E-state index < -0.39 is 5.60 Å². The zero-order valence-corrected chi connectivity index (χ0v) is 14.5. The van der Waals surface area contributed by atoms with Crippen LogP contribution in [0.1, 0.15) is 31.9 Å². The Hall–Kier alpha value is -2.24. The van der Waals surface area contributed by atoms with Crippen LogP contribution >= 0.6 is 0 Å². The Balaban J connectivity index is 2.06. The Morgan fingerprint density at radius 1 is 1.26 bits per heavy atom. The van der Waals surface area contributed by atoms with Crippen LogP contribution in [-0.2, 0) is 22.6 Å². The van der Waals surface area contributed by atoms with Gasteiger partial charge in [0.2, 0.25) is 5.91 Å². The smallest absolute Gasteiger partial charge is 0.410 e. The Kier molecular flexibility index (Phi) is 4.82. The molecule has 6 heteroatoms. The van der Waals surface area contributed by atoms with E-state index in [1.807, 2.05) is 39.0 Å². The highest BCUT2D eigenvalue weighted by molar-refractivity contribution is 5.81. The van der Waals surface area contributed by atoms with Crippen molar-refractivity contribution in [2.45, 2.75) is 39.5 Å². The molecule has 0 spiro atoms. The van der Waals surface area contributed by atoms with Crippen molar-refractivity contribution in [2.24, 2.45) is 0 Å². The summed E-state index contributed by atoms with van der Waals surface area (Å²) in [5.74, 6) is 0.00426. The number of hydrogen-bond donors (Lipinski definition) is 1. The first-order valence-electron chi connectivity index (χ1n) is 7.70. The molecule has 0 aliphatic carbocycles. The SMILES string of the molecule is CN(C)C(=O)CNc1cccc2c1CN(C(=O)OC(C)(C)C)C2. The molecule has 0 saturated carbocycles. The van der Waals surface area contributed by atoms with Gasteiger partial charge in [-0.05, 0) is 38.0 Å². The van der Waals surface area contributed by atoms with E-state index in [2.05, 4.69) is 5.32 Å². The summed E-state index contributed by atoms with van der Waals surface area (Å²) in [4.78, 5) is 27.2. The normalized spacial score (nSPS) is 13.5. The molecule has 1 aliphatic heterocycles. The minimum atomic E-state index is -0.509. The third-order valence-corrected chi connectivity index (χ3v) is 3.56. The fourth-order valence-electron chi connectivity index (χ4n) is 2.37. The van der Waals surface area contributed by atoms with Gasteiger partial charge in [-0.1, -0.05) is 12.1 Å². The van der Waals surface area contributed by atoms with Crippen molar-refractivity contribution < 1.29 is 14.3 Å². The largest absolute Gasteiger partial charge is 0.444 e. The number of amides is 2. The Labute approximate surface area is 137 Å². The molecule has 2 amide bonds. The van der Waals surface area contributed by atoms with Crippen molar-refractivity contribution in [3.8, 4) is 0 Å². The number of rotatable bonds is 3. The van der Waals surface area contributed by atoms with Crippen LogP contribution in [0.5, 0.6) is 0 Å². The number of hydrogen-bond acceptors (Lipinski definition) is 4. The van der Waals surface area contributed by atoms with E-state index in [9.17, 15) is 9.59 Å². The van der Waals surface area contributed by atoms with Crippen LogP contribution in [0.3, 0.4) is 0 Å². The number of nitrogens with one attached hydrogen (secondary N) is 1. The Morgan fingerprint density at radius 3 is 2.57 bits per heavy atom. The van der Waals surface area contributed by atoms with E-state index in [4.69, 9.17) is 4.74 Å². The van der Waals surface area contributed by atoms with Gasteiger partial charge in [0.15, 0.2) is 0 Å². The van der Waals surface area contributed by atoms with Crippen LogP contribution in [-0.4, -0.2) is 48.0 Å². The van der Waals surface area contributed by atoms with Gasteiger partial charge in [-0.15, -0.1) is 0 Å². The first kappa shape index (κ1) is 17.1. The van der Waals surface area contributed by atoms with Gasteiger partial charge in [0, 0.05) is 26.3 Å². The highest BCUT2D eigenvalue weighted by Gasteiger charge is 2.29. The summed E-state index contributed by atoms with van der Waals surface area (Å²) in [6.07, 6.45) is -0.316. The van der Waals surface area contributed by atoms with Gasteiger partial charge < -0.3 is 15.0 Å². The topological polar surface area (TPSA) is 61.9 Å². The Bertz CT molecular complexity index is 606. The molecule has 2 rings (SSSR count). The zero-order valence-electron chi connectivity index (χ0n) is 14.5. The van der Waals surface area contributed by atoms with E-state index in [1.165, 1.54) is 0 Å². The molecule has 0 bridgehead atoms. The van der Waals surface area contributed by atoms with Crippen molar-refractivity contribution >= 4 is 17.7 Å². The lowest BCUT2D eigenvalue weighted by atomic mass is 10.1. The first-order chi connectivity index (χ1) is 10.7. The van der Waals surface area contributed by atoms with E-state index in [0.29, 0.717) is 13.1 Å². The number of ether oxygens (including phenoxy) is 1. The predicted octanol–water partition coefficient (Wildman–Crippen LogP) is 2.44. The molecule has 23 heavy (non-hydrogen) atoms. The average molecular weight is 319 g/mol. The fraction of sp³-hybridized carbons (Fsp3) is 0.529. The molecular weight excluding hydrogens is 294 g/mol. The summed E-state index contributed by atoms with van der Waals surface area (Å²) in [6.45, 7) is 6.82. The van der Waals surface area contributed by atoms with Crippen molar-refractivity contribution in [1.29, 1.82) is 0 Å². The first-order valence-corrected chi connectivity index (χ1v) is 7.70. The number of benzene rings is 1. The number of fused-ring (bicyclic) bond motifs is 1. The van der Waals surface area contributed by atoms with Crippen LogP contribution in [0.25, 0.3) is 0 Å². The molecule has 1 aliphatic rings. The molecule has 1 heterocycles. The van der Waals surface area contributed by atoms with Gasteiger partial charge in [-0.2, -0.15) is 0 Å². The molecule has 126 valence electrons. The second-order valence-corrected chi connectivity index (χ2v) is 6.92. The predicted molar refractivity (Wildman–Crippen MR) is 89.1 cm³/mol. The van der Waals surface area contributed by atoms with Crippen LogP contribution in [0.2, 0.25) is 0 Å². The van der Waals surface area contributed by atoms with E-state index in [1.54, 1.807) is 23.9 Å². The zero-order chi connectivity index (χ0) is 17.2. The summed E-state index contributed by atoms with van der Waals surface area (Å²) in [5, 5.41) is 3.16. The van der Waals surface area contributed by atoms with Crippen LogP contribution in [0.4, 0.5) is 10.5 Å². The molecule has 0 unspecified atom stereocenters. The van der Waals surface area contributed by atoms with Crippen molar-refractivity contribution in [1.82, 2.24) is 9.80 Å². The maximum atomic E-state index is 12.2. The summed E-state index contributed by atoms with van der Waals surface area (Å²) >= 11 is 0. The quantitative estimate of drug-likeness (QED) is 0.929. The van der Waals surface area contributed by atoms with E-state index >= 15 is 0 Å². The lowest BCUT2D eigenvalue weighted by molar-refractivity contribution is -0.126. The van der Waals surface area contributed by atoms with Gasteiger partial charge in [0.05, 0.1) is 13.1 Å². The molecule has 0 fully saturated rings. The summed E-state index contributed by atoms with van der Waals surface area (Å²) in [7, 11) is 3.45. The second-order valence-electron chi connectivity index (χ2n) is 6.92. The van der Waals surface area contributed by atoms with Crippen LogP contribution in [0, 0.1) is 0 Å². The number of nitrogens with zero attached hydrogens (tertiary/aromatic N) is 2. The maximum Gasteiger partial charge on any atom is 0.410 e. The highest BCUT2D eigenvalue weighted by Crippen LogP contribution is 2.30. The molecule has 0 atom stereocenters. The monoisotopic (exact) mass is 319 g/mol. The van der Waals surface area contributed by atoms with Gasteiger partial charge in [-0.3, -0.25) is 9.69 Å². The van der Waals surface area contributed by atoms with Gasteiger partial charge in [-0.25, -0.2) is 4.79 Å². The minimum absolute atomic E-state index is 0.00426. The lowest BCUT2D eigenvalue weighted by Crippen LogP contribution is -2.33. The summed E-state index contributed by atoms with van der Waals surface area (Å²) in [6, 6.07) is 5.86. The van der Waals surface area contributed by atoms with E-state index in [-0.39, 0.29) is 18.5 Å². The molecule has 1 aromatic carbocycles. The second kappa shape index (κ2) is 6.48. The number of likely N-dealkylation sites (N-methyl/N-ethyl adjacent to an activating group) is 1.